The Balaban J connectivity index is 2.48. The average molecular weight is 193 g/mol. The first-order valence-electron chi connectivity index (χ1n) is 4.11. The van der Waals surface area contributed by atoms with Crippen LogP contribution in [0.4, 0.5) is 5.69 Å². The summed E-state index contributed by atoms with van der Waals surface area (Å²) in [5.41, 5.74) is 3.12. The van der Waals surface area contributed by atoms with Crippen LogP contribution in [0.5, 0.6) is 0 Å². The Bertz CT molecular complexity index is 422. The molecule has 2 N–H and O–H groups in total. The number of imidazole rings is 1. The molecule has 4 heteroatoms. The van der Waals surface area contributed by atoms with Crippen LogP contribution in [0.3, 0.4) is 0 Å². The Morgan fingerprint density at radius 1 is 1.54 bits per heavy atom. The Morgan fingerprint density at radius 3 is 3.15 bits per heavy atom. The zero-order valence-electron chi connectivity index (χ0n) is 7.33. The van der Waals surface area contributed by atoms with Crippen molar-refractivity contribution in [3.8, 4) is 0 Å². The first-order chi connectivity index (χ1) is 6.29. The predicted molar refractivity (Wildman–Crippen MR) is 58.3 cm³/mol. The van der Waals surface area contributed by atoms with Crippen molar-refractivity contribution < 1.29 is 0 Å². The van der Waals surface area contributed by atoms with Crippen LogP contribution in [-0.2, 0) is 0 Å². The van der Waals surface area contributed by atoms with Crippen LogP contribution in [0.15, 0.2) is 18.2 Å². The van der Waals surface area contributed by atoms with E-state index in [-0.39, 0.29) is 0 Å². The van der Waals surface area contributed by atoms with Gasteiger partial charge >= 0.3 is 0 Å². The average Bonchev–Trinajstić information content (AvgIpc) is 2.44. The van der Waals surface area contributed by atoms with Crippen molar-refractivity contribution in [2.45, 2.75) is 6.92 Å². The molecule has 1 aromatic heterocycles. The van der Waals surface area contributed by atoms with E-state index in [1.165, 1.54) is 0 Å². The minimum absolute atomic E-state index is 0.638. The molecule has 2 aromatic rings. The molecule has 0 amide bonds. The SMILES string of the molecule is Cc1nc2ccc(NCS)cc2[nH]1. The number of aromatic amines is 1. The number of hydrogen-bond donors (Lipinski definition) is 3. The zero-order valence-corrected chi connectivity index (χ0v) is 8.23. The summed E-state index contributed by atoms with van der Waals surface area (Å²) in [4.78, 5) is 7.49. The summed E-state index contributed by atoms with van der Waals surface area (Å²) in [6.45, 7) is 1.95. The van der Waals surface area contributed by atoms with E-state index in [9.17, 15) is 0 Å². The number of anilines is 1. The molecule has 13 heavy (non-hydrogen) atoms. The third-order valence-electron chi connectivity index (χ3n) is 1.88. The van der Waals surface area contributed by atoms with Gasteiger partial charge in [0.2, 0.25) is 0 Å². The molecule has 0 saturated carbocycles. The maximum absolute atomic E-state index is 4.31. The van der Waals surface area contributed by atoms with Gasteiger partial charge in [0.15, 0.2) is 0 Å². The summed E-state index contributed by atoms with van der Waals surface area (Å²) in [5, 5.41) is 3.13. The fraction of sp³-hybridized carbons (Fsp3) is 0.222. The van der Waals surface area contributed by atoms with E-state index in [4.69, 9.17) is 0 Å². The third-order valence-corrected chi connectivity index (χ3v) is 2.04. The molecule has 0 spiro atoms. The Labute approximate surface area is 82.0 Å². The van der Waals surface area contributed by atoms with Crippen molar-refractivity contribution in [2.75, 3.05) is 11.2 Å². The van der Waals surface area contributed by atoms with E-state index in [0.717, 1.165) is 22.5 Å². The molecule has 0 radical (unpaired) electrons. The molecule has 1 heterocycles. The van der Waals surface area contributed by atoms with Gasteiger partial charge in [0.1, 0.15) is 5.82 Å². The number of hydrogen-bond acceptors (Lipinski definition) is 3. The standard InChI is InChI=1S/C9H11N3S/c1-6-11-8-3-2-7(10-5-13)4-9(8)12-6/h2-4,10,13H,5H2,1H3,(H,11,12). The number of rotatable bonds is 2. The first kappa shape index (κ1) is 8.44. The molecule has 0 fully saturated rings. The molecule has 68 valence electrons. The highest BCUT2D eigenvalue weighted by Gasteiger charge is 1.99. The minimum atomic E-state index is 0.638. The van der Waals surface area contributed by atoms with Crippen molar-refractivity contribution in [1.29, 1.82) is 0 Å². The van der Waals surface area contributed by atoms with Crippen molar-refractivity contribution in [3.63, 3.8) is 0 Å². The van der Waals surface area contributed by atoms with Crippen molar-refractivity contribution in [3.05, 3.63) is 24.0 Å². The van der Waals surface area contributed by atoms with Crippen LogP contribution < -0.4 is 5.32 Å². The van der Waals surface area contributed by atoms with Gasteiger partial charge in [0.25, 0.3) is 0 Å². The lowest BCUT2D eigenvalue weighted by Gasteiger charge is -2.00. The van der Waals surface area contributed by atoms with Crippen LogP contribution >= 0.6 is 12.6 Å². The number of benzene rings is 1. The Hall–Kier alpha value is -1.16. The molecule has 2 rings (SSSR count). The van der Waals surface area contributed by atoms with Crippen molar-refractivity contribution >= 4 is 29.3 Å². The normalized spacial score (nSPS) is 10.6. The van der Waals surface area contributed by atoms with E-state index in [1.807, 2.05) is 25.1 Å². The number of aryl methyl sites for hydroxylation is 1. The van der Waals surface area contributed by atoms with E-state index in [2.05, 4.69) is 27.9 Å². The number of nitrogens with one attached hydrogen (secondary N) is 2. The Morgan fingerprint density at radius 2 is 2.38 bits per heavy atom. The fourth-order valence-electron chi connectivity index (χ4n) is 1.34. The molecule has 3 nitrogen and oxygen atoms in total. The van der Waals surface area contributed by atoms with E-state index >= 15 is 0 Å². The van der Waals surface area contributed by atoms with E-state index < -0.39 is 0 Å². The Kier molecular flexibility index (Phi) is 2.14. The smallest absolute Gasteiger partial charge is 0.104 e. The first-order valence-corrected chi connectivity index (χ1v) is 4.74. The van der Waals surface area contributed by atoms with Gasteiger partial charge in [-0.05, 0) is 25.1 Å². The van der Waals surface area contributed by atoms with Gasteiger partial charge in [-0.15, -0.1) is 0 Å². The molecule has 0 unspecified atom stereocenters. The molecular formula is C9H11N3S. The van der Waals surface area contributed by atoms with Crippen LogP contribution in [0, 0.1) is 6.92 Å². The number of nitrogens with zero attached hydrogens (tertiary/aromatic N) is 1. The van der Waals surface area contributed by atoms with Gasteiger partial charge in [-0.25, -0.2) is 4.98 Å². The molecule has 0 aliphatic carbocycles. The lowest BCUT2D eigenvalue weighted by atomic mass is 10.3. The highest BCUT2D eigenvalue weighted by Crippen LogP contribution is 2.16. The topological polar surface area (TPSA) is 40.7 Å². The summed E-state index contributed by atoms with van der Waals surface area (Å²) in [6, 6.07) is 6.02. The fourth-order valence-corrected chi connectivity index (χ4v) is 1.52. The van der Waals surface area contributed by atoms with E-state index in [1.54, 1.807) is 0 Å². The summed E-state index contributed by atoms with van der Waals surface area (Å²) < 4.78 is 0. The zero-order chi connectivity index (χ0) is 9.26. The predicted octanol–water partition coefficient (Wildman–Crippen LogP) is 2.17. The molecule has 0 aliphatic heterocycles. The summed E-state index contributed by atoms with van der Waals surface area (Å²) in [6.07, 6.45) is 0. The maximum Gasteiger partial charge on any atom is 0.104 e. The van der Waals surface area contributed by atoms with Crippen LogP contribution in [-0.4, -0.2) is 15.8 Å². The summed E-state index contributed by atoms with van der Waals surface area (Å²) in [5.74, 6) is 1.58. The molecular weight excluding hydrogens is 182 g/mol. The van der Waals surface area contributed by atoms with Gasteiger partial charge in [0.05, 0.1) is 16.9 Å². The van der Waals surface area contributed by atoms with Gasteiger partial charge < -0.3 is 10.3 Å². The maximum atomic E-state index is 4.31. The number of H-pyrrole nitrogens is 1. The number of thiol groups is 1. The van der Waals surface area contributed by atoms with Gasteiger partial charge in [-0.2, -0.15) is 12.6 Å². The second-order valence-electron chi connectivity index (χ2n) is 2.89. The highest BCUT2D eigenvalue weighted by atomic mass is 32.1. The quantitative estimate of drug-likeness (QED) is 0.505. The molecule has 0 bridgehead atoms. The summed E-state index contributed by atoms with van der Waals surface area (Å²) >= 11 is 4.09. The van der Waals surface area contributed by atoms with Crippen LogP contribution in [0.25, 0.3) is 11.0 Å². The molecule has 1 aromatic carbocycles. The second kappa shape index (κ2) is 3.30. The lowest BCUT2D eigenvalue weighted by Crippen LogP contribution is -1.93. The van der Waals surface area contributed by atoms with Gasteiger partial charge in [-0.3, -0.25) is 0 Å². The van der Waals surface area contributed by atoms with Crippen molar-refractivity contribution in [2.24, 2.45) is 0 Å². The third kappa shape index (κ3) is 1.62. The largest absolute Gasteiger partial charge is 0.376 e. The van der Waals surface area contributed by atoms with Gasteiger partial charge in [-0.1, -0.05) is 0 Å². The summed E-state index contributed by atoms with van der Waals surface area (Å²) in [7, 11) is 0. The number of fused-ring (bicyclic) bond motifs is 1. The van der Waals surface area contributed by atoms with Crippen LogP contribution in [0.1, 0.15) is 5.82 Å². The molecule has 0 atom stereocenters. The van der Waals surface area contributed by atoms with Crippen LogP contribution in [0.2, 0.25) is 0 Å². The monoisotopic (exact) mass is 193 g/mol. The van der Waals surface area contributed by atoms with E-state index in [0.29, 0.717) is 5.88 Å². The minimum Gasteiger partial charge on any atom is -0.376 e. The second-order valence-corrected chi connectivity index (χ2v) is 3.21. The van der Waals surface area contributed by atoms with Crippen molar-refractivity contribution in [1.82, 2.24) is 9.97 Å². The molecule has 0 saturated heterocycles. The lowest BCUT2D eigenvalue weighted by molar-refractivity contribution is 1.17. The van der Waals surface area contributed by atoms with Gasteiger partial charge in [0, 0.05) is 5.69 Å². The number of aromatic nitrogens is 2. The molecule has 0 aliphatic rings. The highest BCUT2D eigenvalue weighted by molar-refractivity contribution is 7.80.